The van der Waals surface area contributed by atoms with Crippen LogP contribution in [0.2, 0.25) is 0 Å². The van der Waals surface area contributed by atoms with Crippen LogP contribution >= 0.6 is 11.8 Å². The highest BCUT2D eigenvalue weighted by molar-refractivity contribution is 8.15. The third-order valence-corrected chi connectivity index (χ3v) is 3.30. The number of nitrogens with one attached hydrogen (secondary N) is 1. The van der Waals surface area contributed by atoms with Crippen molar-refractivity contribution in [2.45, 2.75) is 19.1 Å². The summed E-state index contributed by atoms with van der Waals surface area (Å²) in [6.07, 6.45) is 1.67. The highest BCUT2D eigenvalue weighted by atomic mass is 32.2. The number of rotatable bonds is 2. The molecule has 1 N–H and O–H groups in total. The zero-order valence-electron chi connectivity index (χ0n) is 9.68. The molecule has 0 aliphatic carbocycles. The molecule has 1 aromatic rings. The predicted molar refractivity (Wildman–Crippen MR) is 71.4 cm³/mol. The van der Waals surface area contributed by atoms with Gasteiger partial charge in [-0.15, -0.1) is 5.10 Å². The van der Waals surface area contributed by atoms with Crippen LogP contribution in [0.3, 0.4) is 0 Å². The van der Waals surface area contributed by atoms with Gasteiger partial charge < -0.3 is 5.32 Å². The van der Waals surface area contributed by atoms with Gasteiger partial charge in [0.15, 0.2) is 5.17 Å². The number of hydrogen-bond acceptors (Lipinski definition) is 4. The standard InChI is InChI=1S/C12H13N3OS/c1-8-3-5-10(6-4-8)7-13-15-12-14-11(16)9(2)17-12/h3-7,9H,1-2H3,(H,14,15,16)/b13-7-/t9-/m1/s1. The lowest BCUT2D eigenvalue weighted by molar-refractivity contribution is -0.118. The average molecular weight is 247 g/mol. The van der Waals surface area contributed by atoms with Crippen LogP contribution in [0.1, 0.15) is 18.1 Å². The van der Waals surface area contributed by atoms with Crippen molar-refractivity contribution >= 4 is 29.1 Å². The van der Waals surface area contributed by atoms with Gasteiger partial charge >= 0.3 is 0 Å². The molecule has 1 aromatic carbocycles. The maximum atomic E-state index is 11.2. The summed E-state index contributed by atoms with van der Waals surface area (Å²) in [6.45, 7) is 3.87. The van der Waals surface area contributed by atoms with Gasteiger partial charge in [0, 0.05) is 0 Å². The Kier molecular flexibility index (Phi) is 3.58. The van der Waals surface area contributed by atoms with Crippen molar-refractivity contribution < 1.29 is 4.79 Å². The number of thioether (sulfide) groups is 1. The minimum absolute atomic E-state index is 0.0146. The molecule has 1 amide bonds. The third-order valence-electron chi connectivity index (χ3n) is 2.32. The van der Waals surface area contributed by atoms with Gasteiger partial charge in [0.25, 0.3) is 0 Å². The number of aryl methyl sites for hydroxylation is 1. The molecule has 0 spiro atoms. The summed E-state index contributed by atoms with van der Waals surface area (Å²) in [5.74, 6) is -0.0146. The maximum absolute atomic E-state index is 11.2. The monoisotopic (exact) mass is 247 g/mol. The van der Waals surface area contributed by atoms with Gasteiger partial charge in [0.1, 0.15) is 0 Å². The van der Waals surface area contributed by atoms with Crippen LogP contribution in [0.25, 0.3) is 0 Å². The van der Waals surface area contributed by atoms with Crippen LogP contribution in [0.5, 0.6) is 0 Å². The van der Waals surface area contributed by atoms with E-state index in [-0.39, 0.29) is 11.2 Å². The van der Waals surface area contributed by atoms with Gasteiger partial charge in [0.2, 0.25) is 5.91 Å². The molecule has 0 bridgehead atoms. The lowest BCUT2D eigenvalue weighted by Crippen LogP contribution is -2.23. The van der Waals surface area contributed by atoms with Crippen LogP contribution in [-0.2, 0) is 4.79 Å². The summed E-state index contributed by atoms with van der Waals surface area (Å²) >= 11 is 1.39. The second kappa shape index (κ2) is 5.14. The molecule has 0 unspecified atom stereocenters. The number of benzene rings is 1. The summed E-state index contributed by atoms with van der Waals surface area (Å²) in [6, 6.07) is 7.98. The molecule has 0 saturated carbocycles. The van der Waals surface area contributed by atoms with E-state index in [1.54, 1.807) is 6.21 Å². The lowest BCUT2D eigenvalue weighted by Gasteiger charge is -1.93. The van der Waals surface area contributed by atoms with E-state index >= 15 is 0 Å². The van der Waals surface area contributed by atoms with Crippen molar-refractivity contribution in [3.05, 3.63) is 35.4 Å². The highest BCUT2D eigenvalue weighted by Crippen LogP contribution is 2.18. The minimum atomic E-state index is -0.0803. The zero-order chi connectivity index (χ0) is 12.3. The Morgan fingerprint density at radius 2 is 2.06 bits per heavy atom. The number of amidine groups is 1. The fourth-order valence-electron chi connectivity index (χ4n) is 1.31. The Morgan fingerprint density at radius 1 is 1.35 bits per heavy atom. The van der Waals surface area contributed by atoms with Gasteiger partial charge in [-0.2, -0.15) is 5.10 Å². The molecule has 5 heteroatoms. The Hall–Kier alpha value is -1.62. The Bertz CT molecular complexity index is 479. The van der Waals surface area contributed by atoms with Crippen molar-refractivity contribution in [2.75, 3.05) is 0 Å². The molecule has 17 heavy (non-hydrogen) atoms. The van der Waals surface area contributed by atoms with Crippen LogP contribution in [0, 0.1) is 6.92 Å². The SMILES string of the molecule is Cc1ccc(/C=N\N=C2/NC(=O)[C@@H](C)S2)cc1. The number of carbonyl (C=O) groups excluding carboxylic acids is 1. The molecule has 1 saturated heterocycles. The summed E-state index contributed by atoms with van der Waals surface area (Å²) in [5, 5.41) is 11.0. The van der Waals surface area contributed by atoms with E-state index in [0.717, 1.165) is 5.56 Å². The molecule has 0 aromatic heterocycles. The normalized spacial score (nSPS) is 22.4. The second-order valence-electron chi connectivity index (χ2n) is 3.81. The number of amides is 1. The quantitative estimate of drug-likeness (QED) is 0.641. The van der Waals surface area contributed by atoms with Gasteiger partial charge in [0.05, 0.1) is 11.5 Å². The summed E-state index contributed by atoms with van der Waals surface area (Å²) in [5.41, 5.74) is 2.20. The molecule has 4 nitrogen and oxygen atoms in total. The Morgan fingerprint density at radius 3 is 2.65 bits per heavy atom. The van der Waals surface area contributed by atoms with Gasteiger partial charge in [-0.1, -0.05) is 41.6 Å². The van der Waals surface area contributed by atoms with Crippen LogP contribution < -0.4 is 5.32 Å². The summed E-state index contributed by atoms with van der Waals surface area (Å²) in [7, 11) is 0. The first-order valence-electron chi connectivity index (χ1n) is 5.30. The van der Waals surface area contributed by atoms with Gasteiger partial charge in [-0.25, -0.2) is 0 Å². The first kappa shape index (κ1) is 11.9. The van der Waals surface area contributed by atoms with E-state index in [1.165, 1.54) is 17.3 Å². The molecule has 1 atom stereocenters. The fourth-order valence-corrected chi connectivity index (χ4v) is 2.06. The molecular weight excluding hydrogens is 234 g/mol. The van der Waals surface area contributed by atoms with Gasteiger partial charge in [-0.05, 0) is 19.4 Å². The second-order valence-corrected chi connectivity index (χ2v) is 5.14. The topological polar surface area (TPSA) is 53.8 Å². The molecule has 1 aliphatic rings. The molecule has 1 fully saturated rings. The molecule has 1 heterocycles. The van der Waals surface area contributed by atoms with Crippen molar-refractivity contribution in [3.8, 4) is 0 Å². The maximum Gasteiger partial charge on any atom is 0.239 e. The van der Waals surface area contributed by atoms with E-state index in [2.05, 4.69) is 15.5 Å². The van der Waals surface area contributed by atoms with E-state index in [0.29, 0.717) is 5.17 Å². The van der Waals surface area contributed by atoms with Crippen molar-refractivity contribution in [1.82, 2.24) is 5.32 Å². The predicted octanol–water partition coefficient (Wildman–Crippen LogP) is 1.94. The fraction of sp³-hybridized carbons (Fsp3) is 0.250. The summed E-state index contributed by atoms with van der Waals surface area (Å²) < 4.78 is 0. The zero-order valence-corrected chi connectivity index (χ0v) is 10.5. The van der Waals surface area contributed by atoms with Crippen LogP contribution in [-0.4, -0.2) is 22.5 Å². The number of hydrogen-bond donors (Lipinski definition) is 1. The third kappa shape index (κ3) is 3.17. The first-order valence-corrected chi connectivity index (χ1v) is 6.18. The molecule has 0 radical (unpaired) electrons. The number of nitrogens with zero attached hydrogens (tertiary/aromatic N) is 2. The van der Waals surface area contributed by atoms with Gasteiger partial charge in [-0.3, -0.25) is 4.79 Å². The van der Waals surface area contributed by atoms with E-state index in [9.17, 15) is 4.79 Å². The molecule has 2 rings (SSSR count). The average Bonchev–Trinajstić information content (AvgIpc) is 2.61. The minimum Gasteiger partial charge on any atom is -0.303 e. The van der Waals surface area contributed by atoms with E-state index in [1.807, 2.05) is 38.1 Å². The van der Waals surface area contributed by atoms with Crippen molar-refractivity contribution in [3.63, 3.8) is 0 Å². The largest absolute Gasteiger partial charge is 0.303 e. The first-order chi connectivity index (χ1) is 8.15. The van der Waals surface area contributed by atoms with Crippen molar-refractivity contribution in [1.29, 1.82) is 0 Å². The molecule has 1 aliphatic heterocycles. The summed E-state index contributed by atoms with van der Waals surface area (Å²) in [4.78, 5) is 11.2. The van der Waals surface area contributed by atoms with E-state index in [4.69, 9.17) is 0 Å². The highest BCUT2D eigenvalue weighted by Gasteiger charge is 2.25. The van der Waals surface area contributed by atoms with Crippen molar-refractivity contribution in [2.24, 2.45) is 10.2 Å². The molecular formula is C12H13N3OS. The molecule has 88 valence electrons. The van der Waals surface area contributed by atoms with Crippen LogP contribution in [0.4, 0.5) is 0 Å². The number of carbonyl (C=O) groups is 1. The van der Waals surface area contributed by atoms with Crippen LogP contribution in [0.15, 0.2) is 34.5 Å². The smallest absolute Gasteiger partial charge is 0.239 e. The van der Waals surface area contributed by atoms with E-state index < -0.39 is 0 Å². The lowest BCUT2D eigenvalue weighted by atomic mass is 10.2. The Labute approximate surface area is 104 Å². The Balaban J connectivity index is 2.00.